The molecule has 0 saturated heterocycles. The van der Waals surface area contributed by atoms with Crippen molar-refractivity contribution in [2.24, 2.45) is 0 Å². The molecule has 24 heavy (non-hydrogen) atoms. The van der Waals surface area contributed by atoms with Crippen molar-refractivity contribution in [1.82, 2.24) is 5.32 Å². The van der Waals surface area contributed by atoms with Crippen LogP contribution in [0.2, 0.25) is 0 Å². The maximum atomic E-state index is 12.0. The van der Waals surface area contributed by atoms with Crippen LogP contribution in [-0.4, -0.2) is 18.3 Å². The lowest BCUT2D eigenvalue weighted by atomic mass is 10.1. The summed E-state index contributed by atoms with van der Waals surface area (Å²) in [6, 6.07) is 14.5. The number of benzene rings is 2. The van der Waals surface area contributed by atoms with Gasteiger partial charge in [-0.15, -0.1) is 0 Å². The first kappa shape index (κ1) is 18.2. The number of amides is 1. The van der Waals surface area contributed by atoms with Crippen LogP contribution in [0.15, 0.2) is 53.0 Å². The van der Waals surface area contributed by atoms with Gasteiger partial charge in [-0.05, 0) is 48.9 Å². The number of rotatable bonds is 7. The van der Waals surface area contributed by atoms with Gasteiger partial charge in [-0.2, -0.15) is 0 Å². The van der Waals surface area contributed by atoms with Gasteiger partial charge in [0, 0.05) is 16.5 Å². The smallest absolute Gasteiger partial charge is 0.258 e. The molecule has 0 aliphatic rings. The molecule has 1 unspecified atom stereocenters. The van der Waals surface area contributed by atoms with Gasteiger partial charge in [0.1, 0.15) is 5.75 Å². The van der Waals surface area contributed by atoms with Crippen LogP contribution in [0.3, 0.4) is 0 Å². The van der Waals surface area contributed by atoms with Crippen molar-refractivity contribution in [3.63, 3.8) is 0 Å². The molecule has 4 nitrogen and oxygen atoms in total. The zero-order valence-corrected chi connectivity index (χ0v) is 15.3. The van der Waals surface area contributed by atoms with Crippen LogP contribution in [0.4, 0.5) is 0 Å². The third-order valence-electron chi connectivity index (χ3n) is 3.61. The molecule has 2 aromatic carbocycles. The van der Waals surface area contributed by atoms with Crippen molar-refractivity contribution in [3.05, 3.63) is 64.1 Å². The molecule has 0 spiro atoms. The van der Waals surface area contributed by atoms with Gasteiger partial charge in [0.15, 0.2) is 12.4 Å². The summed E-state index contributed by atoms with van der Waals surface area (Å²) in [7, 11) is 0. The van der Waals surface area contributed by atoms with Gasteiger partial charge in [0.25, 0.3) is 5.91 Å². The summed E-state index contributed by atoms with van der Waals surface area (Å²) in [5.74, 6) is 0.454. The van der Waals surface area contributed by atoms with E-state index >= 15 is 0 Å². The fourth-order valence-electron chi connectivity index (χ4n) is 2.21. The van der Waals surface area contributed by atoms with E-state index in [0.29, 0.717) is 17.7 Å². The van der Waals surface area contributed by atoms with Gasteiger partial charge in [-0.3, -0.25) is 9.59 Å². The predicted molar refractivity (Wildman–Crippen MR) is 97.3 cm³/mol. The predicted octanol–water partition coefficient (Wildman–Crippen LogP) is 4.30. The Morgan fingerprint density at radius 1 is 1.08 bits per heavy atom. The Labute approximate surface area is 150 Å². The highest BCUT2D eigenvalue weighted by Gasteiger charge is 2.10. The van der Waals surface area contributed by atoms with Gasteiger partial charge < -0.3 is 10.1 Å². The largest absolute Gasteiger partial charge is 0.484 e. The Morgan fingerprint density at radius 2 is 1.71 bits per heavy atom. The van der Waals surface area contributed by atoms with E-state index in [9.17, 15) is 9.59 Å². The van der Waals surface area contributed by atoms with E-state index in [-0.39, 0.29) is 24.3 Å². The van der Waals surface area contributed by atoms with Crippen molar-refractivity contribution in [2.45, 2.75) is 26.3 Å². The molecule has 126 valence electrons. The highest BCUT2D eigenvalue weighted by Crippen LogP contribution is 2.17. The maximum Gasteiger partial charge on any atom is 0.258 e. The minimum absolute atomic E-state index is 0.0675. The minimum Gasteiger partial charge on any atom is -0.484 e. The lowest BCUT2D eigenvalue weighted by Gasteiger charge is -2.15. The van der Waals surface area contributed by atoms with E-state index in [0.717, 1.165) is 10.0 Å². The molecule has 1 atom stereocenters. The zero-order chi connectivity index (χ0) is 17.5. The van der Waals surface area contributed by atoms with E-state index in [1.54, 1.807) is 24.3 Å². The number of nitrogens with one attached hydrogen (secondary N) is 1. The van der Waals surface area contributed by atoms with Crippen LogP contribution in [0.5, 0.6) is 5.75 Å². The fraction of sp³-hybridized carbons (Fsp3) is 0.263. The van der Waals surface area contributed by atoms with E-state index in [2.05, 4.69) is 21.2 Å². The second kappa shape index (κ2) is 8.64. The first-order valence-corrected chi connectivity index (χ1v) is 8.59. The highest BCUT2D eigenvalue weighted by atomic mass is 79.9. The molecule has 2 rings (SSSR count). The minimum atomic E-state index is -0.195. The summed E-state index contributed by atoms with van der Waals surface area (Å²) in [5.41, 5.74) is 1.67. The third kappa shape index (κ3) is 5.20. The van der Waals surface area contributed by atoms with Crippen LogP contribution < -0.4 is 10.1 Å². The molecular weight excluding hydrogens is 370 g/mol. The standard InChI is InChI=1S/C19H20BrNO3/c1-3-18(22)15-6-10-17(11-7-15)24-12-19(23)21-13(2)14-4-8-16(20)9-5-14/h4-11,13H,3,12H2,1-2H3,(H,21,23). The summed E-state index contributed by atoms with van der Waals surface area (Å²) in [4.78, 5) is 23.5. The van der Waals surface area contributed by atoms with Crippen LogP contribution in [0.1, 0.15) is 42.2 Å². The topological polar surface area (TPSA) is 55.4 Å². The summed E-state index contributed by atoms with van der Waals surface area (Å²) in [6.07, 6.45) is 0.469. The van der Waals surface area contributed by atoms with Gasteiger partial charge >= 0.3 is 0 Å². The number of ether oxygens (including phenoxy) is 1. The highest BCUT2D eigenvalue weighted by molar-refractivity contribution is 9.10. The maximum absolute atomic E-state index is 12.0. The van der Waals surface area contributed by atoms with Gasteiger partial charge in [-0.1, -0.05) is 35.0 Å². The normalized spacial score (nSPS) is 11.6. The van der Waals surface area contributed by atoms with E-state index in [4.69, 9.17) is 4.74 Å². The Hall–Kier alpha value is -2.14. The van der Waals surface area contributed by atoms with Crippen molar-refractivity contribution in [1.29, 1.82) is 0 Å². The first-order chi connectivity index (χ1) is 11.5. The SMILES string of the molecule is CCC(=O)c1ccc(OCC(=O)NC(C)c2ccc(Br)cc2)cc1. The van der Waals surface area contributed by atoms with Gasteiger partial charge in [-0.25, -0.2) is 0 Å². The van der Waals surface area contributed by atoms with Crippen LogP contribution in [0.25, 0.3) is 0 Å². The molecule has 0 radical (unpaired) electrons. The Bertz CT molecular complexity index is 696. The number of Topliss-reactive ketones (excluding diaryl/α,β-unsaturated/α-hetero) is 1. The molecule has 2 aromatic rings. The molecule has 5 heteroatoms. The Kier molecular flexibility index (Phi) is 6.55. The summed E-state index contributed by atoms with van der Waals surface area (Å²) in [5, 5.41) is 2.89. The van der Waals surface area contributed by atoms with Gasteiger partial charge in [0.05, 0.1) is 6.04 Å². The molecule has 0 aliphatic heterocycles. The quantitative estimate of drug-likeness (QED) is 0.718. The summed E-state index contributed by atoms with van der Waals surface area (Å²) >= 11 is 3.39. The first-order valence-electron chi connectivity index (χ1n) is 7.80. The lowest BCUT2D eigenvalue weighted by Crippen LogP contribution is -2.31. The van der Waals surface area contributed by atoms with Crippen molar-refractivity contribution < 1.29 is 14.3 Å². The molecule has 0 aromatic heterocycles. The number of ketones is 1. The molecule has 0 heterocycles. The molecule has 0 saturated carbocycles. The zero-order valence-electron chi connectivity index (χ0n) is 13.7. The van der Waals surface area contributed by atoms with Crippen molar-refractivity contribution in [3.8, 4) is 5.75 Å². The van der Waals surface area contributed by atoms with E-state index in [1.165, 1.54) is 0 Å². The van der Waals surface area contributed by atoms with Crippen LogP contribution in [0, 0.1) is 0 Å². The second-order valence-electron chi connectivity index (χ2n) is 5.43. The average molecular weight is 390 g/mol. The number of hydrogen-bond donors (Lipinski definition) is 1. The number of hydrogen-bond acceptors (Lipinski definition) is 3. The van der Waals surface area contributed by atoms with Crippen molar-refractivity contribution >= 4 is 27.6 Å². The van der Waals surface area contributed by atoms with E-state index < -0.39 is 0 Å². The van der Waals surface area contributed by atoms with Crippen LogP contribution >= 0.6 is 15.9 Å². The second-order valence-corrected chi connectivity index (χ2v) is 6.35. The lowest BCUT2D eigenvalue weighted by molar-refractivity contribution is -0.123. The molecule has 1 amide bonds. The Morgan fingerprint density at radius 3 is 2.29 bits per heavy atom. The Balaban J connectivity index is 1.84. The summed E-state index contributed by atoms with van der Waals surface area (Å²) in [6.45, 7) is 3.68. The molecule has 0 bridgehead atoms. The number of halogens is 1. The van der Waals surface area contributed by atoms with Gasteiger partial charge in [0.2, 0.25) is 0 Å². The third-order valence-corrected chi connectivity index (χ3v) is 4.14. The molecule has 0 aliphatic carbocycles. The number of carbonyl (C=O) groups excluding carboxylic acids is 2. The fourth-order valence-corrected chi connectivity index (χ4v) is 2.47. The van der Waals surface area contributed by atoms with Crippen LogP contribution in [-0.2, 0) is 4.79 Å². The van der Waals surface area contributed by atoms with Crippen molar-refractivity contribution in [2.75, 3.05) is 6.61 Å². The monoisotopic (exact) mass is 389 g/mol. The van der Waals surface area contributed by atoms with E-state index in [1.807, 2.05) is 38.1 Å². The number of carbonyl (C=O) groups is 2. The summed E-state index contributed by atoms with van der Waals surface area (Å²) < 4.78 is 6.46. The molecule has 1 N–H and O–H groups in total. The molecular formula is C19H20BrNO3. The average Bonchev–Trinajstić information content (AvgIpc) is 2.60. The molecule has 0 fully saturated rings.